The van der Waals surface area contributed by atoms with E-state index in [-0.39, 0.29) is 0 Å². The molecule has 0 aliphatic heterocycles. The molecule has 0 aliphatic rings. The van der Waals surface area contributed by atoms with Gasteiger partial charge >= 0.3 is 0 Å². The zero-order valence-corrected chi connectivity index (χ0v) is 10.8. The van der Waals surface area contributed by atoms with E-state index in [9.17, 15) is 12.6 Å². The minimum Gasteiger partial charge on any atom is -0.237 e. The van der Waals surface area contributed by atoms with Crippen LogP contribution in [0.3, 0.4) is 0 Å². The fourth-order valence-corrected chi connectivity index (χ4v) is 2.39. The lowest BCUT2D eigenvalue weighted by molar-refractivity contribution is 0.614. The summed E-state index contributed by atoms with van der Waals surface area (Å²) in [5.41, 5.74) is 6.59. The van der Waals surface area contributed by atoms with E-state index in [1.54, 1.807) is 27.7 Å². The van der Waals surface area contributed by atoms with Gasteiger partial charge in [0.15, 0.2) is 9.83 Å². The van der Waals surface area contributed by atoms with Crippen LogP contribution in [-0.4, -0.2) is 12.6 Å². The Morgan fingerprint density at radius 2 is 1.53 bits per heavy atom. The van der Waals surface area contributed by atoms with Crippen LogP contribution in [0, 0.1) is 0 Å². The highest BCUT2D eigenvalue weighted by Gasteiger charge is 2.12. The second-order valence-corrected chi connectivity index (χ2v) is 7.64. The largest absolute Gasteiger partial charge is 0.262 e. The predicted molar refractivity (Wildman–Crippen MR) is 63.0 cm³/mol. The lowest BCUT2D eigenvalue weighted by Crippen LogP contribution is -2.00. The van der Waals surface area contributed by atoms with Gasteiger partial charge in [0.25, 0.3) is 8.87 Å². The Morgan fingerprint density at radius 1 is 1.07 bits per heavy atom. The lowest BCUT2D eigenvalue weighted by atomic mass is 10.4. The van der Waals surface area contributed by atoms with Crippen molar-refractivity contribution < 1.29 is 12.6 Å². The van der Waals surface area contributed by atoms with Crippen molar-refractivity contribution >= 4 is 18.7 Å². The summed E-state index contributed by atoms with van der Waals surface area (Å²) in [4.78, 5) is 0. The SMILES string of the molecule is CC(C)=C=CS(=O)S(=O)(=O)C=C=C(C)C. The summed E-state index contributed by atoms with van der Waals surface area (Å²) < 4.78 is 34.0. The van der Waals surface area contributed by atoms with Crippen LogP contribution in [-0.2, 0) is 18.7 Å². The molecule has 15 heavy (non-hydrogen) atoms. The first-order valence-electron chi connectivity index (χ1n) is 4.22. The van der Waals surface area contributed by atoms with Gasteiger partial charge < -0.3 is 0 Å². The van der Waals surface area contributed by atoms with Crippen LogP contribution in [0.2, 0.25) is 0 Å². The quantitative estimate of drug-likeness (QED) is 0.567. The number of hydrogen-bond donors (Lipinski definition) is 0. The molecule has 3 nitrogen and oxygen atoms in total. The van der Waals surface area contributed by atoms with E-state index < -0.39 is 18.7 Å². The summed E-state index contributed by atoms with van der Waals surface area (Å²) >= 11 is 0. The number of allylic oxidation sites excluding steroid dienone is 2. The van der Waals surface area contributed by atoms with Gasteiger partial charge in [-0.15, -0.1) is 11.5 Å². The molecule has 0 aromatic rings. The van der Waals surface area contributed by atoms with Crippen molar-refractivity contribution in [3.63, 3.8) is 0 Å². The second kappa shape index (κ2) is 5.89. The van der Waals surface area contributed by atoms with Crippen molar-refractivity contribution in [2.45, 2.75) is 27.7 Å². The van der Waals surface area contributed by atoms with Crippen molar-refractivity contribution in [3.05, 3.63) is 33.4 Å². The van der Waals surface area contributed by atoms with E-state index in [1.807, 2.05) is 0 Å². The van der Waals surface area contributed by atoms with Crippen LogP contribution in [0.4, 0.5) is 0 Å². The fraction of sp³-hybridized carbons (Fsp3) is 0.400. The second-order valence-electron chi connectivity index (χ2n) is 3.28. The third-order valence-electron chi connectivity index (χ3n) is 1.16. The van der Waals surface area contributed by atoms with Crippen LogP contribution in [0.1, 0.15) is 27.7 Å². The van der Waals surface area contributed by atoms with E-state index in [4.69, 9.17) is 0 Å². The molecule has 0 saturated carbocycles. The van der Waals surface area contributed by atoms with Crippen molar-refractivity contribution in [2.24, 2.45) is 0 Å². The van der Waals surface area contributed by atoms with Gasteiger partial charge in [-0.1, -0.05) is 0 Å². The van der Waals surface area contributed by atoms with E-state index in [1.165, 1.54) is 0 Å². The molecule has 0 aromatic heterocycles. The topological polar surface area (TPSA) is 51.2 Å². The molecule has 0 aromatic carbocycles. The van der Waals surface area contributed by atoms with Gasteiger partial charge in [-0.3, -0.25) is 0 Å². The van der Waals surface area contributed by atoms with Crippen molar-refractivity contribution in [2.75, 3.05) is 0 Å². The molecule has 0 amide bonds. The van der Waals surface area contributed by atoms with E-state index in [0.29, 0.717) is 5.57 Å². The number of hydrogen-bond acceptors (Lipinski definition) is 3. The maximum absolute atomic E-state index is 11.3. The predicted octanol–water partition coefficient (Wildman–Crippen LogP) is 2.22. The Balaban J connectivity index is 5.20. The molecule has 0 heterocycles. The van der Waals surface area contributed by atoms with Gasteiger partial charge in [0.05, 0.1) is 10.8 Å². The van der Waals surface area contributed by atoms with E-state index in [0.717, 1.165) is 16.4 Å². The molecule has 0 rings (SSSR count). The fourth-order valence-electron chi connectivity index (χ4n) is 0.470. The van der Waals surface area contributed by atoms with Gasteiger partial charge in [-0.05, 0) is 38.8 Å². The van der Waals surface area contributed by atoms with Crippen LogP contribution in [0.5, 0.6) is 0 Å². The Labute approximate surface area is 92.7 Å². The third kappa shape index (κ3) is 6.26. The maximum atomic E-state index is 11.3. The molecule has 0 saturated heterocycles. The van der Waals surface area contributed by atoms with Gasteiger partial charge in [0.1, 0.15) is 0 Å². The monoisotopic (exact) mass is 246 g/mol. The summed E-state index contributed by atoms with van der Waals surface area (Å²) in [7, 11) is -5.85. The molecular formula is C10H14O3S2. The van der Waals surface area contributed by atoms with Gasteiger partial charge in [-0.25, -0.2) is 12.6 Å². The van der Waals surface area contributed by atoms with Crippen LogP contribution in [0.15, 0.2) is 33.4 Å². The van der Waals surface area contributed by atoms with Crippen molar-refractivity contribution in [1.82, 2.24) is 0 Å². The van der Waals surface area contributed by atoms with Crippen LogP contribution in [0.25, 0.3) is 0 Å². The Kier molecular flexibility index (Phi) is 5.55. The minimum absolute atomic E-state index is 0.710. The molecule has 0 aliphatic carbocycles. The molecule has 5 heteroatoms. The molecule has 1 unspecified atom stereocenters. The summed E-state index contributed by atoms with van der Waals surface area (Å²) in [6, 6.07) is 0. The normalized spacial score (nSPS) is 12.0. The standard InChI is InChI=1S/C10H14O3S2/c1-9(2)5-7-14(11)15(12,13)8-6-10(3)4/h7-8H,1-4H3. The average molecular weight is 246 g/mol. The van der Waals surface area contributed by atoms with Crippen molar-refractivity contribution in [1.29, 1.82) is 0 Å². The molecule has 0 bridgehead atoms. The highest BCUT2D eigenvalue weighted by Crippen LogP contribution is 2.02. The first-order chi connectivity index (χ1) is 6.75. The third-order valence-corrected chi connectivity index (χ3v) is 4.29. The molecule has 0 N–H and O–H groups in total. The zero-order chi connectivity index (χ0) is 12.1. The summed E-state index contributed by atoms with van der Waals surface area (Å²) in [6.07, 6.45) is 0. The summed E-state index contributed by atoms with van der Waals surface area (Å²) in [5, 5.41) is 1.87. The van der Waals surface area contributed by atoms with Crippen molar-refractivity contribution in [3.8, 4) is 0 Å². The van der Waals surface area contributed by atoms with Gasteiger partial charge in [0, 0.05) is 0 Å². The number of rotatable bonds is 3. The Hall–Kier alpha value is -0.860. The van der Waals surface area contributed by atoms with Gasteiger partial charge in [0.2, 0.25) is 0 Å². The smallest absolute Gasteiger partial charge is 0.237 e. The van der Waals surface area contributed by atoms with Gasteiger partial charge in [-0.2, -0.15) is 0 Å². The minimum atomic E-state index is -3.77. The lowest BCUT2D eigenvalue weighted by Gasteiger charge is -1.89. The first-order valence-corrected chi connectivity index (χ1v) is 7.49. The van der Waals surface area contributed by atoms with E-state index in [2.05, 4.69) is 11.5 Å². The van der Waals surface area contributed by atoms with Crippen LogP contribution < -0.4 is 0 Å². The van der Waals surface area contributed by atoms with E-state index >= 15 is 0 Å². The average Bonchev–Trinajstić information content (AvgIpc) is 2.11. The van der Waals surface area contributed by atoms with Crippen LogP contribution >= 0.6 is 0 Å². The summed E-state index contributed by atoms with van der Waals surface area (Å²) in [6.45, 7) is 6.90. The highest BCUT2D eigenvalue weighted by atomic mass is 33.2. The molecule has 1 atom stereocenters. The Morgan fingerprint density at radius 3 is 1.93 bits per heavy atom. The highest BCUT2D eigenvalue weighted by molar-refractivity contribution is 8.66. The zero-order valence-electron chi connectivity index (χ0n) is 9.20. The molecule has 84 valence electrons. The Bertz CT molecular complexity index is 475. The molecular weight excluding hydrogens is 232 g/mol. The maximum Gasteiger partial charge on any atom is 0.262 e. The molecule has 0 fully saturated rings. The molecule has 0 spiro atoms. The summed E-state index contributed by atoms with van der Waals surface area (Å²) in [5.74, 6) is 0. The first kappa shape index (κ1) is 14.1. The molecule has 0 radical (unpaired) electrons.